The maximum absolute atomic E-state index is 13.6. The van der Waals surface area contributed by atoms with Crippen LogP contribution in [0, 0.1) is 5.82 Å². The Bertz CT molecular complexity index is 762. The van der Waals surface area contributed by atoms with Crippen LogP contribution in [0.1, 0.15) is 16.1 Å². The highest BCUT2D eigenvalue weighted by atomic mass is 32.1. The van der Waals surface area contributed by atoms with E-state index in [9.17, 15) is 14.6 Å². The third kappa shape index (κ3) is 2.73. The maximum Gasteiger partial charge on any atom is 0.133 e. The third-order valence-corrected chi connectivity index (χ3v) is 4.52. The lowest BCUT2D eigenvalue weighted by Gasteiger charge is -2.28. The Hall–Kier alpha value is -2.24. The smallest absolute Gasteiger partial charge is 0.133 e. The minimum Gasteiger partial charge on any atom is -0.508 e. The Morgan fingerprint density at radius 3 is 2.68 bits per heavy atom. The van der Waals surface area contributed by atoms with Gasteiger partial charge in [-0.15, -0.1) is 11.3 Å². The van der Waals surface area contributed by atoms with Crippen molar-refractivity contribution in [1.29, 1.82) is 0 Å². The zero-order valence-corrected chi connectivity index (χ0v) is 12.4. The van der Waals surface area contributed by atoms with Crippen LogP contribution in [0.5, 0.6) is 5.75 Å². The predicted molar refractivity (Wildman–Crippen MR) is 83.3 cm³/mol. The van der Waals surface area contributed by atoms with Gasteiger partial charge in [0, 0.05) is 28.8 Å². The Balaban J connectivity index is 2.13. The molecule has 2 aromatic heterocycles. The second kappa shape index (κ2) is 5.87. The predicted octanol–water partition coefficient (Wildman–Crippen LogP) is 3.47. The molecule has 0 aliphatic heterocycles. The molecule has 0 saturated carbocycles. The van der Waals surface area contributed by atoms with Crippen molar-refractivity contribution in [2.45, 2.75) is 12.0 Å². The number of benzene rings is 1. The van der Waals surface area contributed by atoms with E-state index in [0.29, 0.717) is 10.6 Å². The number of aromatic hydroxyl groups is 1. The molecule has 2 heterocycles. The fraction of sp³-hybridized carbons (Fsp3) is 0.118. The highest BCUT2D eigenvalue weighted by molar-refractivity contribution is 7.10. The SMILES string of the molecule is Oc1ccc(F)cc1C(O)(Cc1ccccn1)c1cccs1. The minimum absolute atomic E-state index is 0.139. The van der Waals surface area contributed by atoms with Crippen molar-refractivity contribution in [3.05, 3.63) is 82.1 Å². The summed E-state index contributed by atoms with van der Waals surface area (Å²) in [5, 5.41) is 23.2. The van der Waals surface area contributed by atoms with E-state index < -0.39 is 11.4 Å². The number of halogens is 1. The lowest BCUT2D eigenvalue weighted by atomic mass is 9.86. The zero-order chi connectivity index (χ0) is 15.6. The van der Waals surface area contributed by atoms with Gasteiger partial charge in [0.15, 0.2) is 0 Å². The van der Waals surface area contributed by atoms with Gasteiger partial charge in [-0.3, -0.25) is 4.98 Å². The summed E-state index contributed by atoms with van der Waals surface area (Å²) in [5.41, 5.74) is -0.739. The number of pyridine rings is 1. The minimum atomic E-state index is -1.53. The summed E-state index contributed by atoms with van der Waals surface area (Å²) in [6, 6.07) is 12.5. The zero-order valence-electron chi connectivity index (χ0n) is 11.6. The van der Waals surface area contributed by atoms with Crippen molar-refractivity contribution in [1.82, 2.24) is 4.98 Å². The van der Waals surface area contributed by atoms with Gasteiger partial charge >= 0.3 is 0 Å². The molecule has 0 fully saturated rings. The summed E-state index contributed by atoms with van der Waals surface area (Å²) in [7, 11) is 0. The second-order valence-electron chi connectivity index (χ2n) is 5.00. The molecular formula is C17H14FNO2S. The second-order valence-corrected chi connectivity index (χ2v) is 5.94. The molecule has 1 atom stereocenters. The Kier molecular flexibility index (Phi) is 3.92. The van der Waals surface area contributed by atoms with Crippen LogP contribution in [0.2, 0.25) is 0 Å². The van der Waals surface area contributed by atoms with Gasteiger partial charge in [-0.2, -0.15) is 0 Å². The van der Waals surface area contributed by atoms with E-state index in [-0.39, 0.29) is 17.7 Å². The average molecular weight is 315 g/mol. The number of phenols is 1. The van der Waals surface area contributed by atoms with Crippen LogP contribution < -0.4 is 0 Å². The molecule has 2 N–H and O–H groups in total. The number of aromatic nitrogens is 1. The van der Waals surface area contributed by atoms with Crippen molar-refractivity contribution in [3.63, 3.8) is 0 Å². The molecule has 0 aliphatic carbocycles. The summed E-state index contributed by atoms with van der Waals surface area (Å²) in [6.45, 7) is 0. The quantitative estimate of drug-likeness (QED) is 0.775. The van der Waals surface area contributed by atoms with Crippen LogP contribution in [0.3, 0.4) is 0 Å². The molecular weight excluding hydrogens is 301 g/mol. The molecule has 0 amide bonds. The lowest BCUT2D eigenvalue weighted by Crippen LogP contribution is -2.29. The van der Waals surface area contributed by atoms with Crippen molar-refractivity contribution < 1.29 is 14.6 Å². The summed E-state index contributed by atoms with van der Waals surface area (Å²) >= 11 is 1.35. The number of hydrogen-bond donors (Lipinski definition) is 2. The highest BCUT2D eigenvalue weighted by Crippen LogP contribution is 2.40. The molecule has 1 unspecified atom stereocenters. The monoisotopic (exact) mass is 315 g/mol. The molecule has 0 bridgehead atoms. The number of nitrogens with zero attached hydrogens (tertiary/aromatic N) is 1. The molecule has 3 nitrogen and oxygen atoms in total. The number of phenolic OH excluding ortho intramolecular Hbond substituents is 1. The number of rotatable bonds is 4. The molecule has 1 aromatic carbocycles. The van der Waals surface area contributed by atoms with Gasteiger partial charge in [0.1, 0.15) is 17.2 Å². The molecule has 22 heavy (non-hydrogen) atoms. The molecule has 0 saturated heterocycles. The van der Waals surface area contributed by atoms with Crippen molar-refractivity contribution >= 4 is 11.3 Å². The molecule has 0 aliphatic rings. The summed E-state index contributed by atoms with van der Waals surface area (Å²) in [6.07, 6.45) is 1.78. The van der Waals surface area contributed by atoms with E-state index in [1.54, 1.807) is 30.5 Å². The van der Waals surface area contributed by atoms with E-state index in [2.05, 4.69) is 4.98 Å². The van der Waals surface area contributed by atoms with E-state index in [4.69, 9.17) is 0 Å². The molecule has 3 rings (SSSR count). The fourth-order valence-corrected chi connectivity index (χ4v) is 3.27. The van der Waals surface area contributed by atoms with E-state index in [0.717, 1.165) is 12.1 Å². The topological polar surface area (TPSA) is 53.4 Å². The Morgan fingerprint density at radius 1 is 1.14 bits per heavy atom. The molecule has 3 aromatic rings. The Morgan fingerprint density at radius 2 is 2.00 bits per heavy atom. The van der Waals surface area contributed by atoms with Crippen LogP contribution in [-0.2, 0) is 12.0 Å². The fourth-order valence-electron chi connectivity index (χ4n) is 2.43. The van der Waals surface area contributed by atoms with E-state index >= 15 is 0 Å². The van der Waals surface area contributed by atoms with Crippen LogP contribution in [0.25, 0.3) is 0 Å². The van der Waals surface area contributed by atoms with E-state index in [1.807, 2.05) is 11.4 Å². The molecule has 5 heteroatoms. The van der Waals surface area contributed by atoms with Gasteiger partial charge in [0.25, 0.3) is 0 Å². The van der Waals surface area contributed by atoms with Gasteiger partial charge in [-0.05, 0) is 41.8 Å². The number of thiophene rings is 1. The van der Waals surface area contributed by atoms with Crippen LogP contribution in [0.4, 0.5) is 4.39 Å². The third-order valence-electron chi connectivity index (χ3n) is 3.50. The van der Waals surface area contributed by atoms with Crippen LogP contribution >= 0.6 is 11.3 Å². The first-order chi connectivity index (χ1) is 10.6. The molecule has 0 radical (unpaired) electrons. The van der Waals surface area contributed by atoms with Gasteiger partial charge in [-0.25, -0.2) is 4.39 Å². The van der Waals surface area contributed by atoms with E-state index in [1.165, 1.54) is 17.4 Å². The molecule has 112 valence electrons. The average Bonchev–Trinajstić information content (AvgIpc) is 3.05. The summed E-state index contributed by atoms with van der Waals surface area (Å²) in [4.78, 5) is 4.84. The summed E-state index contributed by atoms with van der Waals surface area (Å²) < 4.78 is 13.6. The maximum atomic E-state index is 13.6. The largest absolute Gasteiger partial charge is 0.508 e. The van der Waals surface area contributed by atoms with Gasteiger partial charge in [0.05, 0.1) is 0 Å². The number of hydrogen-bond acceptors (Lipinski definition) is 4. The lowest BCUT2D eigenvalue weighted by molar-refractivity contribution is 0.0807. The number of aliphatic hydroxyl groups is 1. The molecule has 0 spiro atoms. The Labute approximate surface area is 131 Å². The first-order valence-corrected chi connectivity index (χ1v) is 7.63. The standard InChI is InChI=1S/C17H14FNO2S/c18-12-6-7-15(20)14(10-12)17(21,16-5-3-9-22-16)11-13-4-1-2-8-19-13/h1-10,20-21H,11H2. The van der Waals surface area contributed by atoms with Crippen LogP contribution in [0.15, 0.2) is 60.1 Å². The van der Waals surface area contributed by atoms with Gasteiger partial charge in [-0.1, -0.05) is 12.1 Å². The first kappa shape index (κ1) is 14.7. The first-order valence-electron chi connectivity index (χ1n) is 6.75. The summed E-state index contributed by atoms with van der Waals surface area (Å²) in [5.74, 6) is -0.656. The van der Waals surface area contributed by atoms with Crippen molar-refractivity contribution in [3.8, 4) is 5.75 Å². The van der Waals surface area contributed by atoms with Gasteiger partial charge in [0.2, 0.25) is 0 Å². The normalized spacial score (nSPS) is 13.7. The van der Waals surface area contributed by atoms with Crippen molar-refractivity contribution in [2.75, 3.05) is 0 Å². The van der Waals surface area contributed by atoms with Gasteiger partial charge < -0.3 is 10.2 Å². The van der Waals surface area contributed by atoms with Crippen molar-refractivity contribution in [2.24, 2.45) is 0 Å². The highest BCUT2D eigenvalue weighted by Gasteiger charge is 2.36. The van der Waals surface area contributed by atoms with Crippen LogP contribution in [-0.4, -0.2) is 15.2 Å².